The molecule has 0 saturated carbocycles. The van der Waals surface area contributed by atoms with Crippen LogP contribution in [0.4, 0.5) is 0 Å². The number of allylic oxidation sites excluding steroid dienone is 4. The van der Waals surface area contributed by atoms with Crippen LogP contribution >= 0.6 is 31.9 Å². The molecule has 0 aromatic heterocycles. The minimum atomic E-state index is -2.71. The zero-order valence-corrected chi connectivity index (χ0v) is 32.8. The third kappa shape index (κ3) is 5.99. The Morgan fingerprint density at radius 3 is 1.34 bits per heavy atom. The summed E-state index contributed by atoms with van der Waals surface area (Å²) in [7, 11) is 0. The SMILES string of the molecule is Cc1cc2c(cc1C(C)(C)C)-c1cc(C(C)(C)C)c(C)cc1[CH]2[Zr](=[C](c1ccc(Br)cc1)c1ccc(Br)cc1)[CH]1C=CC=C1. The summed E-state index contributed by atoms with van der Waals surface area (Å²) in [6.45, 7) is 18.8. The molecule has 0 saturated heterocycles. The number of hydrogen-bond donors (Lipinski definition) is 0. The van der Waals surface area contributed by atoms with Crippen LogP contribution in [0.1, 0.15) is 89.7 Å². The molecule has 6 rings (SSSR count). The molecule has 4 aromatic rings. The van der Waals surface area contributed by atoms with Crippen LogP contribution in [0.25, 0.3) is 11.1 Å². The normalized spacial score (nSPS) is 14.7. The maximum absolute atomic E-state index is 3.71. The number of fused-ring (bicyclic) bond motifs is 3. The second kappa shape index (κ2) is 12.0. The summed E-state index contributed by atoms with van der Waals surface area (Å²) in [4.78, 5) is 0. The quantitative estimate of drug-likeness (QED) is 0.193. The van der Waals surface area contributed by atoms with E-state index in [0.29, 0.717) is 7.25 Å². The second-order valence-corrected chi connectivity index (χ2v) is 22.9. The van der Waals surface area contributed by atoms with Gasteiger partial charge in [-0.15, -0.1) is 0 Å². The van der Waals surface area contributed by atoms with E-state index < -0.39 is 21.3 Å². The van der Waals surface area contributed by atoms with E-state index in [9.17, 15) is 0 Å². The molecule has 44 heavy (non-hydrogen) atoms. The molecule has 3 heteroatoms. The molecule has 0 fully saturated rings. The Balaban J connectivity index is 1.76. The predicted molar refractivity (Wildman–Crippen MR) is 194 cm³/mol. The Morgan fingerprint density at radius 1 is 0.591 bits per heavy atom. The van der Waals surface area contributed by atoms with Crippen LogP contribution in [0.15, 0.2) is 106 Å². The number of benzene rings is 4. The first-order chi connectivity index (χ1) is 20.7. The van der Waals surface area contributed by atoms with Crippen molar-refractivity contribution < 1.29 is 21.3 Å². The number of aryl methyl sites for hydroxylation is 2. The fourth-order valence-corrected chi connectivity index (χ4v) is 17.2. The van der Waals surface area contributed by atoms with Gasteiger partial charge in [0.15, 0.2) is 0 Å². The second-order valence-electron chi connectivity index (χ2n) is 14.6. The molecule has 0 heterocycles. The maximum atomic E-state index is 3.71. The summed E-state index contributed by atoms with van der Waals surface area (Å²) < 4.78 is 4.70. The van der Waals surface area contributed by atoms with Crippen LogP contribution in [0.3, 0.4) is 0 Å². The van der Waals surface area contributed by atoms with Gasteiger partial charge >= 0.3 is 291 Å². The van der Waals surface area contributed by atoms with E-state index in [1.54, 1.807) is 14.3 Å². The molecule has 0 aliphatic heterocycles. The van der Waals surface area contributed by atoms with Crippen molar-refractivity contribution in [3.8, 4) is 11.1 Å². The van der Waals surface area contributed by atoms with Crippen LogP contribution in [0, 0.1) is 13.8 Å². The molecule has 0 unspecified atom stereocenters. The number of halogens is 2. The molecule has 224 valence electrons. The Hall–Kier alpha value is -1.93. The van der Waals surface area contributed by atoms with Crippen LogP contribution in [-0.2, 0) is 32.1 Å². The van der Waals surface area contributed by atoms with Crippen molar-refractivity contribution in [2.45, 2.75) is 73.5 Å². The topological polar surface area (TPSA) is 0 Å². The zero-order chi connectivity index (χ0) is 31.6. The van der Waals surface area contributed by atoms with Crippen molar-refractivity contribution in [2.75, 3.05) is 0 Å². The fourth-order valence-electron chi connectivity index (χ4n) is 7.40. The summed E-state index contributed by atoms with van der Waals surface area (Å²) in [5.74, 6) is 0. The van der Waals surface area contributed by atoms with E-state index in [1.165, 1.54) is 44.5 Å². The summed E-state index contributed by atoms with van der Waals surface area (Å²) in [5.41, 5.74) is 14.6. The molecule has 0 bridgehead atoms. The molecule has 2 aliphatic carbocycles. The van der Waals surface area contributed by atoms with Gasteiger partial charge in [-0.3, -0.25) is 0 Å². The molecule has 4 aromatic carbocycles. The van der Waals surface area contributed by atoms with Gasteiger partial charge in [0.1, 0.15) is 0 Å². The average molecular weight is 786 g/mol. The van der Waals surface area contributed by atoms with E-state index in [-0.39, 0.29) is 10.8 Å². The van der Waals surface area contributed by atoms with Gasteiger partial charge in [-0.25, -0.2) is 0 Å². The molecule has 0 nitrogen and oxygen atoms in total. The van der Waals surface area contributed by atoms with Crippen LogP contribution in [0.5, 0.6) is 0 Å². The molecule has 2 aliphatic rings. The summed E-state index contributed by atoms with van der Waals surface area (Å²) >= 11 is 4.71. The third-order valence-electron chi connectivity index (χ3n) is 9.29. The van der Waals surface area contributed by atoms with Gasteiger partial charge < -0.3 is 0 Å². The van der Waals surface area contributed by atoms with Gasteiger partial charge in [0, 0.05) is 0 Å². The van der Waals surface area contributed by atoms with Gasteiger partial charge in [-0.1, -0.05) is 0 Å². The number of rotatable bonds is 4. The molecule has 0 amide bonds. The first kappa shape index (κ1) is 32.0. The molecule has 0 atom stereocenters. The van der Waals surface area contributed by atoms with Crippen LogP contribution in [-0.4, -0.2) is 3.21 Å². The predicted octanol–water partition coefficient (Wildman–Crippen LogP) is 12.3. The first-order valence-electron chi connectivity index (χ1n) is 15.7. The Labute approximate surface area is 289 Å². The van der Waals surface area contributed by atoms with Gasteiger partial charge in [0.2, 0.25) is 0 Å². The molecular formula is C41H42Br2Zr. The summed E-state index contributed by atoms with van der Waals surface area (Å²) in [6.07, 6.45) is 9.56. The average Bonchev–Trinajstić information content (AvgIpc) is 3.57. The van der Waals surface area contributed by atoms with Gasteiger partial charge in [0.05, 0.1) is 0 Å². The monoisotopic (exact) mass is 782 g/mol. The molecule has 0 spiro atoms. The van der Waals surface area contributed by atoms with E-state index in [2.05, 4.69) is 184 Å². The molecular weight excluding hydrogens is 743 g/mol. The zero-order valence-electron chi connectivity index (χ0n) is 27.1. The van der Waals surface area contributed by atoms with E-state index >= 15 is 0 Å². The van der Waals surface area contributed by atoms with E-state index in [0.717, 1.165) is 8.95 Å². The Kier molecular flexibility index (Phi) is 8.75. The van der Waals surface area contributed by atoms with Crippen molar-refractivity contribution in [1.82, 2.24) is 0 Å². The molecule has 0 radical (unpaired) electrons. The van der Waals surface area contributed by atoms with Gasteiger partial charge in [-0.2, -0.15) is 0 Å². The van der Waals surface area contributed by atoms with Crippen molar-refractivity contribution in [2.24, 2.45) is 0 Å². The Bertz CT molecular complexity index is 1710. The van der Waals surface area contributed by atoms with E-state index in [1.807, 2.05) is 0 Å². The summed E-state index contributed by atoms with van der Waals surface area (Å²) in [5, 5.41) is 0. The van der Waals surface area contributed by atoms with Gasteiger partial charge in [0.25, 0.3) is 0 Å². The third-order valence-corrected chi connectivity index (χ3v) is 19.0. The van der Waals surface area contributed by atoms with Crippen LogP contribution < -0.4 is 0 Å². The minimum absolute atomic E-state index is 0.0829. The first-order valence-corrected chi connectivity index (χ1v) is 21.3. The van der Waals surface area contributed by atoms with Crippen molar-refractivity contribution in [3.05, 3.63) is 151 Å². The van der Waals surface area contributed by atoms with Crippen LogP contribution in [0.2, 0.25) is 3.63 Å². The standard InChI is InChI=1S/C23H29.C13H8Br2.C5H5.Zr/c1-14-9-16-11-17-10-15(2)21(23(6,7)8)13-19(17)18(16)12-20(14)22(3,4)5;14-12-5-1-10(2-6-12)9-11-3-7-13(15)8-4-11;1-2-4-5-3-1;/h9-13H,1-8H3;1-8H;1-5H;. The Morgan fingerprint density at radius 2 is 0.977 bits per heavy atom. The fraction of sp³-hybridized carbons (Fsp3) is 0.293. The number of hydrogen-bond acceptors (Lipinski definition) is 0. The van der Waals surface area contributed by atoms with Crippen molar-refractivity contribution in [1.29, 1.82) is 0 Å². The van der Waals surface area contributed by atoms with Crippen molar-refractivity contribution >= 4 is 35.1 Å². The van der Waals surface area contributed by atoms with E-state index in [4.69, 9.17) is 0 Å². The molecule has 0 N–H and O–H groups in total. The van der Waals surface area contributed by atoms with Crippen molar-refractivity contribution in [3.63, 3.8) is 0 Å². The van der Waals surface area contributed by atoms with Gasteiger partial charge in [-0.05, 0) is 0 Å². The summed E-state index contributed by atoms with van der Waals surface area (Å²) in [6, 6.07) is 28.5.